The Hall–Kier alpha value is -4.53. The summed E-state index contributed by atoms with van der Waals surface area (Å²) in [7, 11) is 4.55. The van der Waals surface area contributed by atoms with Crippen LogP contribution in [0, 0.1) is 0 Å². The van der Waals surface area contributed by atoms with Crippen LogP contribution >= 0.6 is 0 Å². The minimum Gasteiger partial charge on any atom is -0.497 e. The highest BCUT2D eigenvalue weighted by atomic mass is 16.7. The molecule has 1 heterocycles. The maximum absolute atomic E-state index is 14.5. The smallest absolute Gasteiger partial charge is 0.231 e. The Morgan fingerprint density at radius 3 is 1.90 bits per heavy atom. The highest BCUT2D eigenvalue weighted by molar-refractivity contribution is 6.04. The molecule has 4 aromatic carbocycles. The Morgan fingerprint density at radius 1 is 0.732 bits per heavy atom. The van der Waals surface area contributed by atoms with Gasteiger partial charge in [0, 0.05) is 31.9 Å². The molecule has 0 saturated heterocycles. The summed E-state index contributed by atoms with van der Waals surface area (Å²) in [5.41, 5.74) is 2.82. The summed E-state index contributed by atoms with van der Waals surface area (Å²) in [4.78, 5) is 14.5. The molecule has 1 unspecified atom stereocenters. The van der Waals surface area contributed by atoms with Crippen molar-refractivity contribution in [3.05, 3.63) is 113 Å². The summed E-state index contributed by atoms with van der Waals surface area (Å²) in [5.74, 6) is 1.21. The van der Waals surface area contributed by atoms with Crippen LogP contribution in [0.25, 0.3) is 0 Å². The molecule has 0 bridgehead atoms. The Morgan fingerprint density at radius 2 is 1.32 bits per heavy atom. The Balaban J connectivity index is 1.55. The minimum atomic E-state index is -0.939. The first-order chi connectivity index (χ1) is 20.1. The maximum Gasteiger partial charge on any atom is 0.231 e. The lowest BCUT2D eigenvalue weighted by atomic mass is 9.88. The number of hydrogen-bond donors (Lipinski definition) is 0. The highest BCUT2D eigenvalue weighted by Gasteiger charge is 2.37. The largest absolute Gasteiger partial charge is 0.497 e. The fourth-order valence-electron chi connectivity index (χ4n) is 4.68. The summed E-state index contributed by atoms with van der Waals surface area (Å²) in [5, 5.41) is 0. The van der Waals surface area contributed by atoms with Crippen molar-refractivity contribution in [1.29, 1.82) is 0 Å². The number of Topliss-reactive ketones (excluding diaryl/α,β-unsaturated/α-hetero) is 1. The van der Waals surface area contributed by atoms with Gasteiger partial charge in [-0.25, -0.2) is 0 Å². The third kappa shape index (κ3) is 6.45. The Bertz CT molecular complexity index is 1450. The SMILES string of the molecule is COc1ccc(C(=O)C(c2cc3c(cc2OCc2ccccc2)OCO3)C(OC)OC)c(OCc2ccccc2)c1. The lowest BCUT2D eigenvalue weighted by molar-refractivity contribution is -0.110. The van der Waals surface area contributed by atoms with Gasteiger partial charge in [-0.05, 0) is 29.3 Å². The molecular formula is C33H32O8. The molecule has 41 heavy (non-hydrogen) atoms. The zero-order valence-corrected chi connectivity index (χ0v) is 23.2. The van der Waals surface area contributed by atoms with Gasteiger partial charge >= 0.3 is 0 Å². The quantitative estimate of drug-likeness (QED) is 0.143. The molecule has 4 aromatic rings. The van der Waals surface area contributed by atoms with E-state index in [0.717, 1.165) is 11.1 Å². The second-order valence-corrected chi connectivity index (χ2v) is 9.34. The second kappa shape index (κ2) is 13.2. The van der Waals surface area contributed by atoms with Crippen molar-refractivity contribution in [2.24, 2.45) is 0 Å². The van der Waals surface area contributed by atoms with Gasteiger partial charge in [0.1, 0.15) is 36.4 Å². The maximum atomic E-state index is 14.5. The van der Waals surface area contributed by atoms with Crippen LogP contribution in [0.3, 0.4) is 0 Å². The molecule has 0 amide bonds. The third-order valence-corrected chi connectivity index (χ3v) is 6.79. The van der Waals surface area contributed by atoms with Gasteiger partial charge < -0.3 is 33.2 Å². The molecular weight excluding hydrogens is 524 g/mol. The number of rotatable bonds is 13. The van der Waals surface area contributed by atoms with Gasteiger partial charge in [0.15, 0.2) is 23.6 Å². The molecule has 0 fully saturated rings. The van der Waals surface area contributed by atoms with E-state index in [2.05, 4.69) is 0 Å². The van der Waals surface area contributed by atoms with Crippen molar-refractivity contribution in [1.82, 2.24) is 0 Å². The summed E-state index contributed by atoms with van der Waals surface area (Å²) in [6.45, 7) is 0.628. The van der Waals surface area contributed by atoms with Gasteiger partial charge in [0.25, 0.3) is 0 Å². The van der Waals surface area contributed by atoms with Gasteiger partial charge in [0.05, 0.1) is 12.7 Å². The van der Waals surface area contributed by atoms with E-state index in [1.807, 2.05) is 60.7 Å². The van der Waals surface area contributed by atoms with Crippen molar-refractivity contribution in [2.75, 3.05) is 28.1 Å². The van der Waals surface area contributed by atoms with Crippen LogP contribution in [-0.4, -0.2) is 40.2 Å². The summed E-state index contributed by atoms with van der Waals surface area (Å²) < 4.78 is 40.5. The topological polar surface area (TPSA) is 81.7 Å². The monoisotopic (exact) mass is 556 g/mol. The number of methoxy groups -OCH3 is 3. The average molecular weight is 557 g/mol. The summed E-state index contributed by atoms with van der Waals surface area (Å²) in [6.07, 6.45) is -0.939. The third-order valence-electron chi connectivity index (χ3n) is 6.79. The fourth-order valence-corrected chi connectivity index (χ4v) is 4.68. The van der Waals surface area contributed by atoms with Crippen molar-refractivity contribution in [3.8, 4) is 28.7 Å². The summed E-state index contributed by atoms with van der Waals surface area (Å²) in [6, 6.07) is 28.1. The zero-order chi connectivity index (χ0) is 28.6. The predicted octanol–water partition coefficient (Wildman–Crippen LogP) is 6.17. The first kappa shape index (κ1) is 28.0. The lowest BCUT2D eigenvalue weighted by Crippen LogP contribution is -2.30. The second-order valence-electron chi connectivity index (χ2n) is 9.34. The number of ether oxygens (including phenoxy) is 7. The molecule has 0 aromatic heterocycles. The van der Waals surface area contributed by atoms with E-state index < -0.39 is 12.2 Å². The van der Waals surface area contributed by atoms with Gasteiger partial charge in [-0.15, -0.1) is 0 Å². The molecule has 8 nitrogen and oxygen atoms in total. The minimum absolute atomic E-state index is 0.0729. The highest BCUT2D eigenvalue weighted by Crippen LogP contribution is 2.44. The molecule has 212 valence electrons. The number of benzene rings is 4. The standard InChI is InChI=1S/C33H32O8/c1-35-24-14-15-25(27(16-24)38-19-22-10-6-4-7-11-22)32(34)31(33(36-2)37-3)26-17-29-30(41-21-40-29)18-28(26)39-20-23-12-8-5-9-13-23/h4-18,31,33H,19-21H2,1-3H3. The predicted molar refractivity (Wildman–Crippen MR) is 152 cm³/mol. The number of hydrogen-bond acceptors (Lipinski definition) is 8. The van der Waals surface area contributed by atoms with Crippen LogP contribution in [0.5, 0.6) is 28.7 Å². The summed E-state index contributed by atoms with van der Waals surface area (Å²) >= 11 is 0. The van der Waals surface area contributed by atoms with Crippen molar-refractivity contribution in [3.63, 3.8) is 0 Å². The fraction of sp³-hybridized carbons (Fsp3) is 0.242. The van der Waals surface area contributed by atoms with Gasteiger partial charge in [-0.2, -0.15) is 0 Å². The Kier molecular flexibility index (Phi) is 9.03. The van der Waals surface area contributed by atoms with Gasteiger partial charge in [0.2, 0.25) is 6.79 Å². The van der Waals surface area contributed by atoms with Crippen LogP contribution in [0.4, 0.5) is 0 Å². The van der Waals surface area contributed by atoms with Gasteiger partial charge in [-0.1, -0.05) is 60.7 Å². The number of carbonyl (C=O) groups is 1. The van der Waals surface area contributed by atoms with Gasteiger partial charge in [-0.3, -0.25) is 4.79 Å². The molecule has 0 N–H and O–H groups in total. The van der Waals surface area contributed by atoms with Crippen LogP contribution in [0.15, 0.2) is 91.0 Å². The molecule has 0 radical (unpaired) electrons. The molecule has 0 aliphatic carbocycles. The van der Waals surface area contributed by atoms with Crippen molar-refractivity contribution in [2.45, 2.75) is 25.4 Å². The van der Waals surface area contributed by atoms with E-state index in [4.69, 9.17) is 33.2 Å². The zero-order valence-electron chi connectivity index (χ0n) is 23.2. The first-order valence-corrected chi connectivity index (χ1v) is 13.2. The molecule has 5 rings (SSSR count). The normalized spacial score (nSPS) is 12.7. The molecule has 8 heteroatoms. The van der Waals surface area contributed by atoms with E-state index in [9.17, 15) is 4.79 Å². The first-order valence-electron chi connectivity index (χ1n) is 13.2. The van der Waals surface area contributed by atoms with E-state index in [1.54, 1.807) is 37.4 Å². The van der Waals surface area contributed by atoms with E-state index >= 15 is 0 Å². The lowest BCUT2D eigenvalue weighted by Gasteiger charge is -2.27. The van der Waals surface area contributed by atoms with E-state index in [1.165, 1.54) is 14.2 Å². The van der Waals surface area contributed by atoms with Crippen molar-refractivity contribution < 1.29 is 38.0 Å². The van der Waals surface area contributed by atoms with Crippen LogP contribution < -0.4 is 23.7 Å². The molecule has 1 aliphatic heterocycles. The van der Waals surface area contributed by atoms with E-state index in [0.29, 0.717) is 39.9 Å². The van der Waals surface area contributed by atoms with Crippen LogP contribution in [0.2, 0.25) is 0 Å². The number of carbonyl (C=O) groups excluding carboxylic acids is 1. The number of fused-ring (bicyclic) bond motifs is 1. The van der Waals surface area contributed by atoms with Crippen molar-refractivity contribution >= 4 is 5.78 Å². The number of ketones is 1. The van der Waals surface area contributed by atoms with Crippen LogP contribution in [0.1, 0.15) is 33.0 Å². The van der Waals surface area contributed by atoms with E-state index in [-0.39, 0.29) is 25.8 Å². The molecule has 1 aliphatic rings. The molecule has 0 spiro atoms. The Labute approximate surface area is 239 Å². The molecule has 0 saturated carbocycles. The van der Waals surface area contributed by atoms with Crippen LogP contribution in [-0.2, 0) is 22.7 Å². The molecule has 1 atom stereocenters. The average Bonchev–Trinajstić information content (AvgIpc) is 3.49.